The smallest absolute Gasteiger partial charge is 0.0770 e. The Balaban J connectivity index is 0. The third-order valence-corrected chi connectivity index (χ3v) is 1.05. The largest absolute Gasteiger partial charge is 0.396 e. The molecule has 0 amide bonds. The molecular weight excluding hydrogens is 144 g/mol. The van der Waals surface area contributed by atoms with Crippen LogP contribution in [-0.4, -0.2) is 36.6 Å². The monoisotopic (exact) mass is 164 g/mol. The molecule has 2 N–H and O–H groups in total. The highest BCUT2D eigenvalue weighted by atomic mass is 16.5. The Morgan fingerprint density at radius 1 is 1.36 bits per heavy atom. The van der Waals surface area contributed by atoms with Crippen molar-refractivity contribution in [3.8, 4) is 0 Å². The minimum Gasteiger partial charge on any atom is -0.396 e. The number of aliphatic hydroxyl groups excluding tert-OH is 2. The van der Waals surface area contributed by atoms with Crippen LogP contribution in [0.15, 0.2) is 0 Å². The Hall–Kier alpha value is -0.120. The minimum absolute atomic E-state index is 0.273. The summed E-state index contributed by atoms with van der Waals surface area (Å²) in [7, 11) is 1.58. The van der Waals surface area contributed by atoms with Crippen LogP contribution in [0.4, 0.5) is 0 Å². The fraction of sp³-hybridized carbons (Fsp3) is 1.00. The van der Waals surface area contributed by atoms with E-state index < -0.39 is 0 Å². The second-order valence-corrected chi connectivity index (χ2v) is 2.24. The van der Waals surface area contributed by atoms with E-state index >= 15 is 0 Å². The molecule has 70 valence electrons. The van der Waals surface area contributed by atoms with Crippen molar-refractivity contribution in [2.45, 2.75) is 32.8 Å². The Kier molecular flexibility index (Phi) is 15.4. The molecule has 3 heteroatoms. The molecule has 0 rings (SSSR count). The first-order valence-electron chi connectivity index (χ1n) is 4.00. The predicted octanol–water partition coefficient (Wildman–Crippen LogP) is 0.792. The van der Waals surface area contributed by atoms with Crippen molar-refractivity contribution >= 4 is 0 Å². The van der Waals surface area contributed by atoms with E-state index in [1.54, 1.807) is 7.11 Å². The average Bonchev–Trinajstić information content (AvgIpc) is 2.05. The van der Waals surface area contributed by atoms with Gasteiger partial charge < -0.3 is 14.9 Å². The zero-order valence-electron chi connectivity index (χ0n) is 7.71. The zero-order valence-corrected chi connectivity index (χ0v) is 7.71. The molecule has 0 saturated carbocycles. The Bertz CT molecular complexity index is 55.3. The van der Waals surface area contributed by atoms with Crippen molar-refractivity contribution in [3.63, 3.8) is 0 Å². The minimum atomic E-state index is -0.273. The summed E-state index contributed by atoms with van der Waals surface area (Å²) in [6.07, 6.45) is 1.37. The van der Waals surface area contributed by atoms with Gasteiger partial charge in [-0.2, -0.15) is 0 Å². The summed E-state index contributed by atoms with van der Waals surface area (Å²) in [5.74, 6) is 0. The van der Waals surface area contributed by atoms with Crippen molar-refractivity contribution in [1.82, 2.24) is 0 Å². The molecule has 0 heterocycles. The average molecular weight is 164 g/mol. The molecule has 0 aliphatic carbocycles. The standard InChI is InChI=1S/C5H12O2.C3H8O/c1-3-5(6)4-7-2;1-2-3-4/h5-6H,3-4H2,1-2H3;4H,2-3H2,1H3. The number of hydrogen-bond donors (Lipinski definition) is 2. The summed E-state index contributed by atoms with van der Waals surface area (Å²) in [6, 6.07) is 0. The molecule has 0 aliphatic heterocycles. The van der Waals surface area contributed by atoms with E-state index in [-0.39, 0.29) is 6.10 Å². The molecule has 0 radical (unpaired) electrons. The van der Waals surface area contributed by atoms with Gasteiger partial charge in [-0.15, -0.1) is 0 Å². The second kappa shape index (κ2) is 12.5. The number of rotatable bonds is 4. The lowest BCUT2D eigenvalue weighted by Gasteiger charge is -2.02. The van der Waals surface area contributed by atoms with E-state index in [4.69, 9.17) is 10.2 Å². The van der Waals surface area contributed by atoms with Crippen LogP contribution in [0, 0.1) is 0 Å². The van der Waals surface area contributed by atoms with Crippen LogP contribution in [0.1, 0.15) is 26.7 Å². The van der Waals surface area contributed by atoms with Gasteiger partial charge in [-0.25, -0.2) is 0 Å². The molecule has 0 saturated heterocycles. The summed E-state index contributed by atoms with van der Waals surface area (Å²) in [4.78, 5) is 0. The van der Waals surface area contributed by atoms with Gasteiger partial charge in [0.2, 0.25) is 0 Å². The van der Waals surface area contributed by atoms with E-state index in [0.29, 0.717) is 13.2 Å². The maximum Gasteiger partial charge on any atom is 0.0770 e. The molecule has 0 aliphatic rings. The molecule has 0 fully saturated rings. The van der Waals surface area contributed by atoms with Gasteiger partial charge in [0.15, 0.2) is 0 Å². The van der Waals surface area contributed by atoms with Crippen LogP contribution < -0.4 is 0 Å². The van der Waals surface area contributed by atoms with Crippen LogP contribution in [-0.2, 0) is 4.74 Å². The van der Waals surface area contributed by atoms with Crippen LogP contribution in [0.2, 0.25) is 0 Å². The molecule has 1 unspecified atom stereocenters. The van der Waals surface area contributed by atoms with E-state index in [1.165, 1.54) is 0 Å². The second-order valence-electron chi connectivity index (χ2n) is 2.24. The van der Waals surface area contributed by atoms with Crippen LogP contribution >= 0.6 is 0 Å². The lowest BCUT2D eigenvalue weighted by Crippen LogP contribution is -2.11. The SMILES string of the molecule is CCC(O)COC.CCCO. The van der Waals surface area contributed by atoms with E-state index in [2.05, 4.69) is 4.74 Å². The zero-order chi connectivity index (χ0) is 9.11. The predicted molar refractivity (Wildman–Crippen MR) is 45.6 cm³/mol. The highest BCUT2D eigenvalue weighted by Gasteiger charge is 1.95. The number of ether oxygens (including phenoxy) is 1. The molecule has 0 spiro atoms. The molecule has 0 aromatic heterocycles. The molecule has 3 nitrogen and oxygen atoms in total. The van der Waals surface area contributed by atoms with Gasteiger partial charge in [-0.1, -0.05) is 13.8 Å². The first kappa shape index (κ1) is 13.5. The first-order chi connectivity index (χ1) is 5.22. The van der Waals surface area contributed by atoms with Gasteiger partial charge in [0.25, 0.3) is 0 Å². The maximum absolute atomic E-state index is 8.73. The van der Waals surface area contributed by atoms with Gasteiger partial charge in [-0.3, -0.25) is 0 Å². The Labute approximate surface area is 69.0 Å². The fourth-order valence-corrected chi connectivity index (χ4v) is 0.310. The summed E-state index contributed by atoms with van der Waals surface area (Å²) >= 11 is 0. The van der Waals surface area contributed by atoms with Crippen molar-refractivity contribution in [2.75, 3.05) is 20.3 Å². The normalized spacial score (nSPS) is 11.7. The third kappa shape index (κ3) is 17.7. The lowest BCUT2D eigenvalue weighted by molar-refractivity contribution is 0.0625. The summed E-state index contributed by atoms with van der Waals surface area (Å²) < 4.78 is 4.64. The van der Waals surface area contributed by atoms with E-state index in [0.717, 1.165) is 12.8 Å². The molecular formula is C8H20O3. The molecule has 0 bridgehead atoms. The van der Waals surface area contributed by atoms with Crippen LogP contribution in [0.3, 0.4) is 0 Å². The van der Waals surface area contributed by atoms with Gasteiger partial charge >= 0.3 is 0 Å². The van der Waals surface area contributed by atoms with Gasteiger partial charge in [-0.05, 0) is 12.8 Å². The van der Waals surface area contributed by atoms with Crippen molar-refractivity contribution < 1.29 is 14.9 Å². The Morgan fingerprint density at radius 2 is 1.82 bits per heavy atom. The molecule has 11 heavy (non-hydrogen) atoms. The van der Waals surface area contributed by atoms with E-state index in [1.807, 2.05) is 13.8 Å². The number of aliphatic hydroxyl groups is 2. The fourth-order valence-electron chi connectivity index (χ4n) is 0.310. The highest BCUT2D eigenvalue weighted by Crippen LogP contribution is 1.87. The van der Waals surface area contributed by atoms with Crippen molar-refractivity contribution in [1.29, 1.82) is 0 Å². The van der Waals surface area contributed by atoms with Gasteiger partial charge in [0.1, 0.15) is 0 Å². The van der Waals surface area contributed by atoms with Crippen LogP contribution in [0.5, 0.6) is 0 Å². The molecule has 0 aromatic rings. The maximum atomic E-state index is 8.73. The third-order valence-electron chi connectivity index (χ3n) is 1.05. The molecule has 0 aromatic carbocycles. The van der Waals surface area contributed by atoms with Crippen LogP contribution in [0.25, 0.3) is 0 Å². The molecule has 1 atom stereocenters. The first-order valence-corrected chi connectivity index (χ1v) is 4.00. The highest BCUT2D eigenvalue weighted by molar-refractivity contribution is 4.45. The quantitative estimate of drug-likeness (QED) is 0.646. The summed E-state index contributed by atoms with van der Waals surface area (Å²) in [6.45, 7) is 4.63. The van der Waals surface area contributed by atoms with E-state index in [9.17, 15) is 0 Å². The van der Waals surface area contributed by atoms with Crippen molar-refractivity contribution in [3.05, 3.63) is 0 Å². The van der Waals surface area contributed by atoms with Gasteiger partial charge in [0.05, 0.1) is 12.7 Å². The van der Waals surface area contributed by atoms with Gasteiger partial charge in [0, 0.05) is 13.7 Å². The number of hydrogen-bond acceptors (Lipinski definition) is 3. The Morgan fingerprint density at radius 3 is 1.91 bits per heavy atom. The topological polar surface area (TPSA) is 49.7 Å². The van der Waals surface area contributed by atoms with Crippen molar-refractivity contribution in [2.24, 2.45) is 0 Å². The lowest BCUT2D eigenvalue weighted by atomic mass is 10.3. The summed E-state index contributed by atoms with van der Waals surface area (Å²) in [5.41, 5.74) is 0. The number of methoxy groups -OCH3 is 1. The summed E-state index contributed by atoms with van der Waals surface area (Å²) in [5, 5.41) is 16.6.